The number of halogens is 1. The quantitative estimate of drug-likeness (QED) is 0.0639. The Balaban J connectivity index is 0. The average Bonchev–Trinajstić information content (AvgIpc) is 2.85. The fourth-order valence-corrected chi connectivity index (χ4v) is 16.0. The summed E-state index contributed by atoms with van der Waals surface area (Å²) >= 11 is 0. The molecule has 1 unspecified atom stereocenters. The molecule has 0 aliphatic rings. The molecule has 0 rings (SSSR count). The fraction of sp³-hybridized carbons (Fsp3) is 1.00. The monoisotopic (exact) mass is 552 g/mol. The molecular formula is C32H71ClP2. The topological polar surface area (TPSA) is 0 Å². The maximum absolute atomic E-state index is 2.37. The van der Waals surface area contributed by atoms with Crippen LogP contribution in [0.15, 0.2) is 0 Å². The van der Waals surface area contributed by atoms with Crippen molar-refractivity contribution in [3.63, 3.8) is 0 Å². The third kappa shape index (κ3) is 26.5. The Labute approximate surface area is 233 Å². The van der Waals surface area contributed by atoms with Gasteiger partial charge < -0.3 is 0 Å². The Morgan fingerprint density at radius 3 is 0.914 bits per heavy atom. The van der Waals surface area contributed by atoms with Crippen LogP contribution in [0.2, 0.25) is 0 Å². The molecule has 0 aliphatic heterocycles. The van der Waals surface area contributed by atoms with Crippen LogP contribution in [0.25, 0.3) is 0 Å². The summed E-state index contributed by atoms with van der Waals surface area (Å²) in [5, 5.41) is 0. The van der Waals surface area contributed by atoms with E-state index >= 15 is 0 Å². The number of unbranched alkanes of at least 4 members (excludes halogenated alkanes) is 20. The van der Waals surface area contributed by atoms with Gasteiger partial charge in [0, 0.05) is 0 Å². The third-order valence-electron chi connectivity index (χ3n) is 8.06. The van der Waals surface area contributed by atoms with Gasteiger partial charge in [-0.25, -0.2) is 0 Å². The Morgan fingerprint density at radius 2 is 0.600 bits per heavy atom. The Hall–Kier alpha value is 1.15. The SMILES string of the molecule is CCCCCCCCCCCCCCP[PH](CCCCCC)(CCCCCC)CCCCCC.Cl. The van der Waals surface area contributed by atoms with E-state index in [0.717, 1.165) is 0 Å². The standard InChI is InChI=1S/C32H70P2.ClH/c1-5-9-13-17-18-19-20-21-22-23-24-25-29-33-34(30-26-14-10-6-2,31-27-15-11-7-3)32-28-16-12-8-4;/h33-34H,5-32H2,1-4H3;1H. The van der Waals surface area contributed by atoms with Crippen LogP contribution in [0.5, 0.6) is 0 Å². The molecule has 0 spiro atoms. The molecule has 0 saturated heterocycles. The van der Waals surface area contributed by atoms with Crippen LogP contribution in [0, 0.1) is 0 Å². The summed E-state index contributed by atoms with van der Waals surface area (Å²) in [6, 6.07) is 0. The fourth-order valence-electron chi connectivity index (χ4n) is 5.63. The van der Waals surface area contributed by atoms with Gasteiger partial charge in [0.15, 0.2) is 0 Å². The molecule has 0 radical (unpaired) electrons. The zero-order valence-electron chi connectivity index (χ0n) is 25.2. The molecule has 0 fully saturated rings. The molecule has 0 aromatic rings. The Kier molecular flexibility index (Phi) is 34.3. The van der Waals surface area contributed by atoms with Crippen LogP contribution in [-0.2, 0) is 0 Å². The second-order valence-corrected chi connectivity index (χ2v) is 20.7. The summed E-state index contributed by atoms with van der Waals surface area (Å²) in [7, 11) is 1.38. The van der Waals surface area contributed by atoms with Crippen molar-refractivity contribution in [3.8, 4) is 0 Å². The van der Waals surface area contributed by atoms with Gasteiger partial charge in [0.2, 0.25) is 0 Å². The molecule has 0 aliphatic carbocycles. The molecule has 3 heteroatoms. The van der Waals surface area contributed by atoms with Gasteiger partial charge in [0.05, 0.1) is 0 Å². The van der Waals surface area contributed by atoms with Crippen LogP contribution in [0.1, 0.15) is 182 Å². The van der Waals surface area contributed by atoms with Crippen molar-refractivity contribution in [3.05, 3.63) is 0 Å². The van der Waals surface area contributed by atoms with E-state index < -0.39 is 6.95 Å². The smallest absolute Gasteiger partial charge is 0.147 e. The van der Waals surface area contributed by atoms with E-state index in [0.29, 0.717) is 0 Å². The van der Waals surface area contributed by atoms with E-state index in [1.165, 1.54) is 137 Å². The molecule has 0 nitrogen and oxygen atoms in total. The zero-order valence-corrected chi connectivity index (χ0v) is 28.0. The van der Waals surface area contributed by atoms with Crippen molar-refractivity contribution < 1.29 is 0 Å². The van der Waals surface area contributed by atoms with Gasteiger partial charge in [0.25, 0.3) is 0 Å². The molecule has 1 atom stereocenters. The summed E-state index contributed by atoms with van der Waals surface area (Å²) in [6.45, 7) is 8.41. The van der Waals surface area contributed by atoms with Crippen molar-refractivity contribution >= 4 is 27.6 Å². The minimum absolute atomic E-state index is 0. The van der Waals surface area contributed by atoms with Crippen molar-refractivity contribution in [1.29, 1.82) is 0 Å². The predicted molar refractivity (Wildman–Crippen MR) is 177 cm³/mol. The van der Waals surface area contributed by atoms with Crippen molar-refractivity contribution in [1.82, 2.24) is 0 Å². The molecule has 0 N–H and O–H groups in total. The average molecular weight is 553 g/mol. The van der Waals surface area contributed by atoms with E-state index in [1.54, 1.807) is 50.3 Å². The molecule has 216 valence electrons. The van der Waals surface area contributed by atoms with Gasteiger partial charge >= 0.3 is 202 Å². The number of hydrogen-bond acceptors (Lipinski definition) is 0. The van der Waals surface area contributed by atoms with E-state index in [1.807, 2.05) is 0 Å². The summed E-state index contributed by atoms with van der Waals surface area (Å²) in [5.41, 5.74) is 0. The van der Waals surface area contributed by atoms with Gasteiger partial charge in [-0.15, -0.1) is 12.4 Å². The minimum atomic E-state index is -1.02. The van der Waals surface area contributed by atoms with Gasteiger partial charge in [0.1, 0.15) is 0 Å². The summed E-state index contributed by atoms with van der Waals surface area (Å²) in [4.78, 5) is 0. The van der Waals surface area contributed by atoms with E-state index in [4.69, 9.17) is 0 Å². The first kappa shape index (κ1) is 38.3. The van der Waals surface area contributed by atoms with Crippen LogP contribution in [0.3, 0.4) is 0 Å². The Morgan fingerprint density at radius 1 is 0.343 bits per heavy atom. The van der Waals surface area contributed by atoms with E-state index in [2.05, 4.69) is 27.7 Å². The number of rotatable bonds is 29. The first-order chi connectivity index (χ1) is 16.7. The third-order valence-corrected chi connectivity index (χ3v) is 18.6. The maximum atomic E-state index is 2.37. The predicted octanol–water partition coefficient (Wildman–Crippen LogP) is 13.2. The van der Waals surface area contributed by atoms with Gasteiger partial charge in [-0.05, 0) is 0 Å². The second-order valence-electron chi connectivity index (χ2n) is 11.5. The molecule has 0 amide bonds. The van der Waals surface area contributed by atoms with Crippen LogP contribution in [-0.4, -0.2) is 24.6 Å². The molecular weight excluding hydrogens is 482 g/mol. The normalized spacial score (nSPS) is 12.5. The second kappa shape index (κ2) is 31.4. The summed E-state index contributed by atoms with van der Waals surface area (Å²) in [5.74, 6) is 0. The molecule has 0 aromatic carbocycles. The van der Waals surface area contributed by atoms with E-state index in [9.17, 15) is 0 Å². The maximum Gasteiger partial charge on any atom is -0.147 e. The molecule has 0 bridgehead atoms. The van der Waals surface area contributed by atoms with Crippen LogP contribution in [0.4, 0.5) is 0 Å². The van der Waals surface area contributed by atoms with E-state index in [-0.39, 0.29) is 12.4 Å². The first-order valence-corrected chi connectivity index (χ1v) is 21.3. The molecule has 0 aromatic heterocycles. The zero-order chi connectivity index (χ0) is 25.0. The van der Waals surface area contributed by atoms with Crippen molar-refractivity contribution in [2.75, 3.05) is 24.6 Å². The Bertz CT molecular complexity index is 343. The molecule has 0 heterocycles. The van der Waals surface area contributed by atoms with Crippen molar-refractivity contribution in [2.24, 2.45) is 0 Å². The largest absolute Gasteiger partial charge is 0.147 e. The minimum Gasteiger partial charge on any atom is -0.147 e. The first-order valence-electron chi connectivity index (χ1n) is 16.5. The van der Waals surface area contributed by atoms with Gasteiger partial charge in [-0.3, -0.25) is 0 Å². The van der Waals surface area contributed by atoms with Crippen molar-refractivity contribution in [2.45, 2.75) is 182 Å². The number of hydrogen-bond donors (Lipinski definition) is 0. The van der Waals surface area contributed by atoms with Gasteiger partial charge in [-0.2, -0.15) is 0 Å². The van der Waals surface area contributed by atoms with Gasteiger partial charge in [-0.1, -0.05) is 19.8 Å². The summed E-state index contributed by atoms with van der Waals surface area (Å²) < 4.78 is 0. The molecule has 35 heavy (non-hydrogen) atoms. The van der Waals surface area contributed by atoms with Crippen LogP contribution >= 0.6 is 27.6 Å². The summed E-state index contributed by atoms with van der Waals surface area (Å²) in [6.07, 6.45) is 42.3. The van der Waals surface area contributed by atoms with Crippen LogP contribution < -0.4 is 0 Å². The molecule has 0 saturated carbocycles.